The van der Waals surface area contributed by atoms with Crippen molar-refractivity contribution >= 4 is 29.1 Å². The van der Waals surface area contributed by atoms with E-state index in [2.05, 4.69) is 54.8 Å². The van der Waals surface area contributed by atoms with E-state index in [1.54, 1.807) is 0 Å². The number of amides is 1. The lowest BCUT2D eigenvalue weighted by Gasteiger charge is -2.28. The minimum atomic E-state index is 0. The lowest BCUT2D eigenvalue weighted by molar-refractivity contribution is -0.126. The number of nitrogens with one attached hydrogen (secondary N) is 2. The summed E-state index contributed by atoms with van der Waals surface area (Å²) in [7, 11) is 0. The van der Waals surface area contributed by atoms with Gasteiger partial charge >= 0.3 is 0 Å². The summed E-state index contributed by atoms with van der Waals surface area (Å²) in [6, 6.07) is 15.2. The molecule has 1 saturated heterocycles. The van der Waals surface area contributed by atoms with Crippen molar-refractivity contribution in [2.24, 2.45) is 5.92 Å². The van der Waals surface area contributed by atoms with Crippen LogP contribution in [0.1, 0.15) is 38.3 Å². The molecule has 1 heterocycles. The first-order valence-corrected chi connectivity index (χ1v) is 8.16. The Morgan fingerprint density at radius 1 is 1.22 bits per heavy atom. The molecule has 23 heavy (non-hydrogen) atoms. The molecule has 3 rings (SSSR count). The van der Waals surface area contributed by atoms with E-state index in [-0.39, 0.29) is 30.3 Å². The van der Waals surface area contributed by atoms with Gasteiger partial charge in [0.1, 0.15) is 0 Å². The van der Waals surface area contributed by atoms with Crippen LogP contribution in [0.5, 0.6) is 0 Å². The van der Waals surface area contributed by atoms with Crippen molar-refractivity contribution in [3.63, 3.8) is 0 Å². The number of carbonyl (C=O) groups is 1. The zero-order valence-corrected chi connectivity index (χ0v) is 14.5. The zero-order chi connectivity index (χ0) is 15.5. The minimum Gasteiger partial charge on any atom is -0.349 e. The summed E-state index contributed by atoms with van der Waals surface area (Å²) >= 11 is 0. The second kappa shape index (κ2) is 7.80. The van der Waals surface area contributed by atoms with E-state index in [0.717, 1.165) is 24.9 Å². The van der Waals surface area contributed by atoms with Crippen molar-refractivity contribution in [2.45, 2.75) is 38.8 Å². The molecule has 2 aromatic carbocycles. The first kappa shape index (κ1) is 17.8. The summed E-state index contributed by atoms with van der Waals surface area (Å²) < 4.78 is 0. The molecule has 1 aliphatic heterocycles. The van der Waals surface area contributed by atoms with Crippen LogP contribution in [0.2, 0.25) is 0 Å². The minimum absolute atomic E-state index is 0. The Morgan fingerprint density at radius 3 is 2.70 bits per heavy atom. The van der Waals surface area contributed by atoms with Crippen LogP contribution < -0.4 is 10.6 Å². The van der Waals surface area contributed by atoms with E-state index >= 15 is 0 Å². The molecule has 0 radical (unpaired) electrons. The zero-order valence-electron chi connectivity index (χ0n) is 13.7. The highest BCUT2D eigenvalue weighted by Gasteiger charge is 2.25. The molecular weight excluding hydrogens is 308 g/mol. The van der Waals surface area contributed by atoms with Gasteiger partial charge in [-0.05, 0) is 55.6 Å². The summed E-state index contributed by atoms with van der Waals surface area (Å²) in [4.78, 5) is 12.5. The summed E-state index contributed by atoms with van der Waals surface area (Å²) in [6.45, 7) is 5.14. The van der Waals surface area contributed by atoms with Crippen LogP contribution in [0.4, 0.5) is 0 Å². The Labute approximate surface area is 144 Å². The molecule has 1 unspecified atom stereocenters. The van der Waals surface area contributed by atoms with E-state index < -0.39 is 0 Å². The van der Waals surface area contributed by atoms with Crippen LogP contribution in [0.25, 0.3) is 10.8 Å². The van der Waals surface area contributed by atoms with Crippen molar-refractivity contribution < 1.29 is 4.79 Å². The second-order valence-corrected chi connectivity index (χ2v) is 6.41. The molecule has 1 fully saturated rings. The average molecular weight is 333 g/mol. The third kappa shape index (κ3) is 4.24. The van der Waals surface area contributed by atoms with Crippen LogP contribution in [0, 0.1) is 5.92 Å². The summed E-state index contributed by atoms with van der Waals surface area (Å²) in [5, 5.41) is 9.03. The van der Waals surface area contributed by atoms with Gasteiger partial charge < -0.3 is 10.6 Å². The molecule has 1 amide bonds. The number of carbonyl (C=O) groups excluding carboxylic acids is 1. The number of hydrogen-bond acceptors (Lipinski definition) is 2. The number of rotatable bonds is 3. The van der Waals surface area contributed by atoms with Gasteiger partial charge in [-0.25, -0.2) is 0 Å². The number of piperidine rings is 1. The molecule has 3 atom stereocenters. The first-order chi connectivity index (χ1) is 10.6. The topological polar surface area (TPSA) is 41.1 Å². The largest absolute Gasteiger partial charge is 0.349 e. The normalized spacial score (nSPS) is 22.2. The third-order valence-electron chi connectivity index (χ3n) is 4.63. The predicted molar refractivity (Wildman–Crippen MR) is 97.9 cm³/mol. The van der Waals surface area contributed by atoms with E-state index in [9.17, 15) is 4.79 Å². The Balaban J connectivity index is 0.00000192. The van der Waals surface area contributed by atoms with Crippen LogP contribution in [0.3, 0.4) is 0 Å². The average Bonchev–Trinajstić information content (AvgIpc) is 2.54. The Morgan fingerprint density at radius 2 is 1.96 bits per heavy atom. The van der Waals surface area contributed by atoms with Gasteiger partial charge in [0.15, 0.2) is 0 Å². The number of halogens is 1. The Kier molecular flexibility index (Phi) is 6.03. The molecule has 0 aromatic heterocycles. The van der Waals surface area contributed by atoms with Crippen molar-refractivity contribution in [3.8, 4) is 0 Å². The molecule has 0 aliphatic carbocycles. The summed E-state index contributed by atoms with van der Waals surface area (Å²) in [5.41, 5.74) is 1.16. The lowest BCUT2D eigenvalue weighted by Crippen LogP contribution is -2.42. The molecule has 1 aliphatic rings. The standard InChI is InChI=1S/C19H24N2O.ClH/c1-13-11-18(9-10-20-13)19(22)21-14(2)16-8-7-15-5-3-4-6-17(15)12-16;/h3-8,12-14,18,20H,9-11H2,1-2H3,(H,21,22);1H/t13-,14?,18-;/m0./s1. The molecular formula is C19H25ClN2O. The smallest absolute Gasteiger partial charge is 0.223 e. The van der Waals surface area contributed by atoms with E-state index in [1.807, 2.05) is 12.1 Å². The highest BCUT2D eigenvalue weighted by Crippen LogP contribution is 2.22. The van der Waals surface area contributed by atoms with E-state index in [0.29, 0.717) is 6.04 Å². The maximum Gasteiger partial charge on any atom is 0.223 e. The number of benzene rings is 2. The fourth-order valence-corrected chi connectivity index (χ4v) is 3.26. The van der Waals surface area contributed by atoms with Crippen LogP contribution >= 0.6 is 12.4 Å². The molecule has 0 bridgehead atoms. The van der Waals surface area contributed by atoms with Crippen molar-refractivity contribution in [3.05, 3.63) is 48.0 Å². The van der Waals surface area contributed by atoms with Crippen LogP contribution in [-0.4, -0.2) is 18.5 Å². The van der Waals surface area contributed by atoms with Gasteiger partial charge in [0.05, 0.1) is 6.04 Å². The third-order valence-corrected chi connectivity index (χ3v) is 4.63. The summed E-state index contributed by atoms with van der Waals surface area (Å²) in [5.74, 6) is 0.327. The molecule has 2 N–H and O–H groups in total. The van der Waals surface area contributed by atoms with Gasteiger partial charge in [-0.15, -0.1) is 12.4 Å². The van der Waals surface area contributed by atoms with Gasteiger partial charge in [-0.2, -0.15) is 0 Å². The molecule has 2 aromatic rings. The van der Waals surface area contributed by atoms with Gasteiger partial charge in [-0.1, -0.05) is 36.4 Å². The van der Waals surface area contributed by atoms with Crippen molar-refractivity contribution in [1.29, 1.82) is 0 Å². The molecule has 0 spiro atoms. The second-order valence-electron chi connectivity index (χ2n) is 6.41. The lowest BCUT2D eigenvalue weighted by atomic mass is 9.92. The molecule has 124 valence electrons. The van der Waals surface area contributed by atoms with Gasteiger partial charge in [0.2, 0.25) is 5.91 Å². The van der Waals surface area contributed by atoms with E-state index in [1.165, 1.54) is 10.8 Å². The van der Waals surface area contributed by atoms with Gasteiger partial charge in [0.25, 0.3) is 0 Å². The Hall–Kier alpha value is -1.58. The monoisotopic (exact) mass is 332 g/mol. The van der Waals surface area contributed by atoms with Crippen molar-refractivity contribution in [1.82, 2.24) is 10.6 Å². The first-order valence-electron chi connectivity index (χ1n) is 8.16. The molecule has 0 saturated carbocycles. The number of fused-ring (bicyclic) bond motifs is 1. The maximum absolute atomic E-state index is 12.5. The van der Waals surface area contributed by atoms with Gasteiger partial charge in [-0.3, -0.25) is 4.79 Å². The highest BCUT2D eigenvalue weighted by atomic mass is 35.5. The van der Waals surface area contributed by atoms with E-state index in [4.69, 9.17) is 0 Å². The van der Waals surface area contributed by atoms with Gasteiger partial charge in [0, 0.05) is 12.0 Å². The quantitative estimate of drug-likeness (QED) is 0.897. The number of hydrogen-bond donors (Lipinski definition) is 2. The van der Waals surface area contributed by atoms with Crippen molar-refractivity contribution in [2.75, 3.05) is 6.54 Å². The molecule has 4 heteroatoms. The fraction of sp³-hybridized carbons (Fsp3) is 0.421. The van der Waals surface area contributed by atoms with Crippen LogP contribution in [0.15, 0.2) is 42.5 Å². The SMILES string of the molecule is CC(NC(=O)[C@H]1CCN[C@@H](C)C1)c1ccc2ccccc2c1.Cl. The van der Waals surface area contributed by atoms with Crippen LogP contribution in [-0.2, 0) is 4.79 Å². The highest BCUT2D eigenvalue weighted by molar-refractivity contribution is 5.85. The maximum atomic E-state index is 12.5. The summed E-state index contributed by atoms with van der Waals surface area (Å²) in [6.07, 6.45) is 1.86. The fourth-order valence-electron chi connectivity index (χ4n) is 3.26. The Bertz CT molecular complexity index is 673. The molecule has 3 nitrogen and oxygen atoms in total. The predicted octanol–water partition coefficient (Wildman–Crippen LogP) is 3.83.